The van der Waals surface area contributed by atoms with Gasteiger partial charge in [-0.3, -0.25) is 4.98 Å². The van der Waals surface area contributed by atoms with E-state index < -0.39 is 8.72 Å². The molecule has 0 aliphatic rings. The van der Waals surface area contributed by atoms with E-state index >= 15 is 0 Å². The molecule has 0 saturated carbocycles. The largest absolute Gasteiger partial charge is 0.427 e. The van der Waals surface area contributed by atoms with Crippen molar-refractivity contribution < 1.29 is 8.85 Å². The predicted octanol–water partition coefficient (Wildman–Crippen LogP) is 3.19. The standard InChI is InChI=1S/C12H29NO2Si/c1-7-9-14-16(12(5)6,13-11(3)4)15-10-8-2/h11-13H,7-10H2,1-6H3. The smallest absolute Gasteiger partial charge is 0.383 e. The van der Waals surface area contributed by atoms with Crippen LogP contribution in [0.25, 0.3) is 0 Å². The maximum atomic E-state index is 6.06. The predicted molar refractivity (Wildman–Crippen MR) is 71.6 cm³/mol. The Bertz CT molecular complexity index is 166. The van der Waals surface area contributed by atoms with Crippen molar-refractivity contribution in [2.24, 2.45) is 0 Å². The molecule has 16 heavy (non-hydrogen) atoms. The highest BCUT2D eigenvalue weighted by Crippen LogP contribution is 2.22. The van der Waals surface area contributed by atoms with Crippen LogP contribution < -0.4 is 4.98 Å². The van der Waals surface area contributed by atoms with Crippen LogP contribution in [-0.2, 0) is 8.85 Å². The van der Waals surface area contributed by atoms with Gasteiger partial charge < -0.3 is 8.85 Å². The normalized spacial score (nSPS) is 12.8. The number of hydrogen-bond donors (Lipinski definition) is 1. The molecule has 4 heteroatoms. The highest BCUT2D eigenvalue weighted by Gasteiger charge is 2.42. The van der Waals surface area contributed by atoms with Crippen LogP contribution in [0, 0.1) is 0 Å². The van der Waals surface area contributed by atoms with Crippen LogP contribution in [0.3, 0.4) is 0 Å². The summed E-state index contributed by atoms with van der Waals surface area (Å²) < 4.78 is 12.1. The molecule has 0 bridgehead atoms. The molecule has 0 rings (SSSR count). The third kappa shape index (κ3) is 5.43. The van der Waals surface area contributed by atoms with Crippen molar-refractivity contribution in [3.8, 4) is 0 Å². The summed E-state index contributed by atoms with van der Waals surface area (Å²) in [7, 11) is -2.23. The second-order valence-electron chi connectivity index (χ2n) is 4.82. The van der Waals surface area contributed by atoms with Crippen molar-refractivity contribution in [3.05, 3.63) is 0 Å². The van der Waals surface area contributed by atoms with Crippen molar-refractivity contribution in [1.29, 1.82) is 0 Å². The summed E-state index contributed by atoms with van der Waals surface area (Å²) in [6, 6.07) is 0.405. The molecule has 0 aliphatic carbocycles. The van der Waals surface area contributed by atoms with Crippen molar-refractivity contribution >= 4 is 8.72 Å². The second-order valence-corrected chi connectivity index (χ2v) is 8.17. The van der Waals surface area contributed by atoms with Gasteiger partial charge in [-0.25, -0.2) is 0 Å². The first-order valence-electron chi connectivity index (χ1n) is 6.54. The topological polar surface area (TPSA) is 30.5 Å². The Morgan fingerprint density at radius 1 is 0.938 bits per heavy atom. The fourth-order valence-electron chi connectivity index (χ4n) is 1.53. The lowest BCUT2D eigenvalue weighted by molar-refractivity contribution is 0.146. The summed E-state index contributed by atoms with van der Waals surface area (Å²) >= 11 is 0. The third-order valence-electron chi connectivity index (χ3n) is 2.29. The Labute approximate surface area is 102 Å². The molecule has 1 N–H and O–H groups in total. The van der Waals surface area contributed by atoms with Gasteiger partial charge in [0.15, 0.2) is 0 Å². The molecule has 0 aromatic rings. The minimum absolute atomic E-state index is 0.405. The van der Waals surface area contributed by atoms with Crippen LogP contribution in [0.2, 0.25) is 5.54 Å². The van der Waals surface area contributed by atoms with Crippen LogP contribution in [0.5, 0.6) is 0 Å². The van der Waals surface area contributed by atoms with E-state index in [1.54, 1.807) is 0 Å². The van der Waals surface area contributed by atoms with Crippen molar-refractivity contribution in [2.75, 3.05) is 13.2 Å². The molecule has 3 nitrogen and oxygen atoms in total. The zero-order chi connectivity index (χ0) is 12.6. The summed E-state index contributed by atoms with van der Waals surface area (Å²) in [5.41, 5.74) is 0.424. The van der Waals surface area contributed by atoms with Gasteiger partial charge in [0.1, 0.15) is 0 Å². The van der Waals surface area contributed by atoms with E-state index in [9.17, 15) is 0 Å². The maximum absolute atomic E-state index is 6.06. The molecule has 0 atom stereocenters. The number of nitrogens with one attached hydrogen (secondary N) is 1. The summed E-state index contributed by atoms with van der Waals surface area (Å²) in [4.78, 5) is 3.56. The van der Waals surface area contributed by atoms with Gasteiger partial charge in [-0.15, -0.1) is 0 Å². The van der Waals surface area contributed by atoms with E-state index in [0.29, 0.717) is 11.6 Å². The highest BCUT2D eigenvalue weighted by molar-refractivity contribution is 6.66. The first-order chi connectivity index (χ1) is 7.48. The average Bonchev–Trinajstić information content (AvgIpc) is 2.21. The van der Waals surface area contributed by atoms with Crippen LogP contribution in [0.1, 0.15) is 54.4 Å². The van der Waals surface area contributed by atoms with Crippen molar-refractivity contribution in [2.45, 2.75) is 66.0 Å². The summed E-state index contributed by atoms with van der Waals surface area (Å²) in [5, 5.41) is 0. The fraction of sp³-hybridized carbons (Fsp3) is 1.00. The van der Waals surface area contributed by atoms with E-state index in [4.69, 9.17) is 8.85 Å². The van der Waals surface area contributed by atoms with Gasteiger partial charge in [0.2, 0.25) is 0 Å². The van der Waals surface area contributed by atoms with Gasteiger partial charge in [0.25, 0.3) is 0 Å². The molecular formula is C12H29NO2Si. The average molecular weight is 247 g/mol. The van der Waals surface area contributed by atoms with Crippen LogP contribution in [-0.4, -0.2) is 28.0 Å². The molecule has 0 aliphatic heterocycles. The van der Waals surface area contributed by atoms with Gasteiger partial charge in [0, 0.05) is 18.8 Å². The Morgan fingerprint density at radius 2 is 1.38 bits per heavy atom. The maximum Gasteiger partial charge on any atom is 0.427 e. The third-order valence-corrected chi connectivity index (χ3v) is 6.06. The van der Waals surface area contributed by atoms with Gasteiger partial charge in [-0.05, 0) is 18.9 Å². The zero-order valence-electron chi connectivity index (χ0n) is 11.8. The van der Waals surface area contributed by atoms with E-state index in [0.717, 1.165) is 26.1 Å². The molecule has 0 fully saturated rings. The summed E-state index contributed by atoms with van der Waals surface area (Å²) in [6.45, 7) is 14.5. The van der Waals surface area contributed by atoms with Gasteiger partial charge in [-0.2, -0.15) is 0 Å². The van der Waals surface area contributed by atoms with E-state index in [1.165, 1.54) is 0 Å². The van der Waals surface area contributed by atoms with Crippen LogP contribution >= 0.6 is 0 Å². The van der Waals surface area contributed by atoms with Crippen molar-refractivity contribution in [3.63, 3.8) is 0 Å². The molecule has 0 saturated heterocycles. The Kier molecular flexibility index (Phi) is 8.28. The summed E-state index contributed by atoms with van der Waals surface area (Å²) in [6.07, 6.45) is 2.08. The zero-order valence-corrected chi connectivity index (χ0v) is 12.8. The molecule has 0 amide bonds. The quantitative estimate of drug-likeness (QED) is 0.635. The first-order valence-corrected chi connectivity index (χ1v) is 8.43. The minimum atomic E-state index is -2.23. The second kappa shape index (κ2) is 8.23. The molecule has 0 radical (unpaired) electrons. The number of hydrogen-bond acceptors (Lipinski definition) is 3. The lowest BCUT2D eigenvalue weighted by Crippen LogP contribution is -2.61. The van der Waals surface area contributed by atoms with Gasteiger partial charge >= 0.3 is 8.72 Å². The fourth-order valence-corrected chi connectivity index (χ4v) is 4.60. The molecular weight excluding hydrogens is 218 g/mol. The molecule has 0 unspecified atom stereocenters. The molecule has 0 spiro atoms. The van der Waals surface area contributed by atoms with Gasteiger partial charge in [0.05, 0.1) is 0 Å². The lowest BCUT2D eigenvalue weighted by Gasteiger charge is -2.35. The van der Waals surface area contributed by atoms with E-state index in [-0.39, 0.29) is 0 Å². The monoisotopic (exact) mass is 247 g/mol. The molecule has 0 aromatic carbocycles. The van der Waals surface area contributed by atoms with E-state index in [2.05, 4.69) is 46.5 Å². The Morgan fingerprint density at radius 3 is 1.62 bits per heavy atom. The SMILES string of the molecule is CCCO[Si](NC(C)C)(OCCC)C(C)C. The van der Waals surface area contributed by atoms with Crippen LogP contribution in [0.15, 0.2) is 0 Å². The van der Waals surface area contributed by atoms with Gasteiger partial charge in [-0.1, -0.05) is 41.5 Å². The van der Waals surface area contributed by atoms with E-state index in [1.807, 2.05) is 0 Å². The minimum Gasteiger partial charge on any atom is -0.383 e. The molecule has 98 valence electrons. The first kappa shape index (κ1) is 16.1. The highest BCUT2D eigenvalue weighted by atomic mass is 28.4. The van der Waals surface area contributed by atoms with Crippen LogP contribution in [0.4, 0.5) is 0 Å². The number of rotatable bonds is 9. The Hall–Kier alpha value is 0.0969. The molecule has 0 aromatic heterocycles. The van der Waals surface area contributed by atoms with Crippen molar-refractivity contribution in [1.82, 2.24) is 4.98 Å². The Balaban J connectivity index is 4.59. The molecule has 0 heterocycles. The lowest BCUT2D eigenvalue weighted by atomic mass is 10.4. The summed E-state index contributed by atoms with van der Waals surface area (Å²) in [5.74, 6) is 0.